The van der Waals surface area contributed by atoms with Crippen molar-refractivity contribution < 1.29 is 4.79 Å². The third-order valence-corrected chi connectivity index (χ3v) is 4.17. The molecule has 134 valence electrons. The zero-order valence-electron chi connectivity index (χ0n) is 15.3. The summed E-state index contributed by atoms with van der Waals surface area (Å²) in [6, 6.07) is 0.397. The highest BCUT2D eigenvalue weighted by atomic mass is 16.1. The molecule has 0 heterocycles. The van der Waals surface area contributed by atoms with Crippen LogP contribution in [0.5, 0.6) is 0 Å². The van der Waals surface area contributed by atoms with Crippen molar-refractivity contribution in [3.63, 3.8) is 0 Å². The molecule has 0 aromatic heterocycles. The van der Waals surface area contributed by atoms with Crippen LogP contribution in [0.25, 0.3) is 0 Å². The first-order chi connectivity index (χ1) is 11.1. The Morgan fingerprint density at radius 1 is 1.17 bits per heavy atom. The summed E-state index contributed by atoms with van der Waals surface area (Å²) in [4.78, 5) is 16.5. The average molecular weight is 325 g/mol. The number of carbonyl (C=O) groups is 1. The molecule has 1 aliphatic carbocycles. The molecule has 1 amide bonds. The van der Waals surface area contributed by atoms with E-state index < -0.39 is 0 Å². The van der Waals surface area contributed by atoms with Gasteiger partial charge in [0, 0.05) is 32.1 Å². The first kappa shape index (κ1) is 19.8. The van der Waals surface area contributed by atoms with E-state index in [-0.39, 0.29) is 5.91 Å². The topological polar surface area (TPSA) is 65.5 Å². The quantitative estimate of drug-likeness (QED) is 0.347. The summed E-state index contributed by atoms with van der Waals surface area (Å²) in [6.45, 7) is 8.83. The number of nitrogens with one attached hydrogen (secondary N) is 3. The van der Waals surface area contributed by atoms with Crippen molar-refractivity contribution >= 4 is 11.9 Å². The fourth-order valence-electron chi connectivity index (χ4n) is 2.87. The van der Waals surface area contributed by atoms with Gasteiger partial charge in [-0.2, -0.15) is 0 Å². The molecule has 23 heavy (non-hydrogen) atoms. The molecule has 1 fully saturated rings. The number of nitrogens with zero attached hydrogens (tertiary/aromatic N) is 1. The molecule has 0 aliphatic heterocycles. The van der Waals surface area contributed by atoms with Crippen LogP contribution >= 0.6 is 0 Å². The summed E-state index contributed by atoms with van der Waals surface area (Å²) in [6.07, 6.45) is 8.90. The Kier molecular flexibility index (Phi) is 10.5. The van der Waals surface area contributed by atoms with E-state index >= 15 is 0 Å². The van der Waals surface area contributed by atoms with Gasteiger partial charge >= 0.3 is 0 Å². The minimum atomic E-state index is 0.153. The van der Waals surface area contributed by atoms with E-state index in [1.807, 2.05) is 0 Å². The van der Waals surface area contributed by atoms with Gasteiger partial charge < -0.3 is 16.0 Å². The van der Waals surface area contributed by atoms with Crippen molar-refractivity contribution in [3.05, 3.63) is 0 Å². The van der Waals surface area contributed by atoms with E-state index in [0.717, 1.165) is 44.2 Å². The Morgan fingerprint density at radius 2 is 1.91 bits per heavy atom. The first-order valence-corrected chi connectivity index (χ1v) is 9.43. The van der Waals surface area contributed by atoms with Gasteiger partial charge in [0.1, 0.15) is 0 Å². The number of amides is 1. The normalized spacial score (nSPS) is 16.4. The van der Waals surface area contributed by atoms with Crippen molar-refractivity contribution in [2.24, 2.45) is 10.9 Å². The maximum Gasteiger partial charge on any atom is 0.221 e. The van der Waals surface area contributed by atoms with Gasteiger partial charge in [0.2, 0.25) is 5.91 Å². The number of rotatable bonds is 9. The van der Waals surface area contributed by atoms with Crippen molar-refractivity contribution in [1.82, 2.24) is 16.0 Å². The number of guanidine groups is 1. The number of hydrogen-bond acceptors (Lipinski definition) is 2. The van der Waals surface area contributed by atoms with Crippen LogP contribution in [0.2, 0.25) is 0 Å². The minimum absolute atomic E-state index is 0.153. The molecule has 0 unspecified atom stereocenters. The van der Waals surface area contributed by atoms with Gasteiger partial charge in [0.05, 0.1) is 0 Å². The molecule has 1 rings (SSSR count). The van der Waals surface area contributed by atoms with Gasteiger partial charge in [-0.1, -0.05) is 33.1 Å². The van der Waals surface area contributed by atoms with Crippen LogP contribution in [0.3, 0.4) is 0 Å². The molecule has 5 heteroatoms. The van der Waals surface area contributed by atoms with Gasteiger partial charge in [-0.05, 0) is 38.5 Å². The van der Waals surface area contributed by atoms with E-state index in [0.29, 0.717) is 19.0 Å². The van der Waals surface area contributed by atoms with E-state index in [4.69, 9.17) is 0 Å². The van der Waals surface area contributed by atoms with Crippen molar-refractivity contribution in [2.45, 2.75) is 78.2 Å². The maximum atomic E-state index is 12.0. The highest BCUT2D eigenvalue weighted by Gasteiger charge is 2.15. The van der Waals surface area contributed by atoms with Crippen LogP contribution < -0.4 is 16.0 Å². The lowest BCUT2D eigenvalue weighted by molar-refractivity contribution is -0.121. The van der Waals surface area contributed by atoms with Gasteiger partial charge in [-0.25, -0.2) is 0 Å². The lowest BCUT2D eigenvalue weighted by Gasteiger charge is -2.22. The SMILES string of the molecule is CCNC(=NCCCC(C)C)NCCC(=O)NC1CCCCC1. The zero-order valence-corrected chi connectivity index (χ0v) is 15.3. The molecule has 3 N–H and O–H groups in total. The van der Waals surface area contributed by atoms with E-state index in [2.05, 4.69) is 41.7 Å². The van der Waals surface area contributed by atoms with Crippen LogP contribution in [0.1, 0.15) is 72.1 Å². The minimum Gasteiger partial charge on any atom is -0.357 e. The van der Waals surface area contributed by atoms with Crippen molar-refractivity contribution in [3.8, 4) is 0 Å². The predicted octanol–water partition coefficient (Wildman–Crippen LogP) is 2.82. The molecule has 0 bridgehead atoms. The van der Waals surface area contributed by atoms with Gasteiger partial charge in [-0.3, -0.25) is 9.79 Å². The summed E-state index contributed by atoms with van der Waals surface area (Å²) >= 11 is 0. The highest BCUT2D eigenvalue weighted by molar-refractivity contribution is 5.81. The average Bonchev–Trinajstić information content (AvgIpc) is 2.52. The van der Waals surface area contributed by atoms with Gasteiger partial charge in [-0.15, -0.1) is 0 Å². The predicted molar refractivity (Wildman–Crippen MR) is 97.7 cm³/mol. The second-order valence-electron chi connectivity index (χ2n) is 6.88. The third-order valence-electron chi connectivity index (χ3n) is 4.17. The third kappa shape index (κ3) is 10.2. The molecule has 0 atom stereocenters. The monoisotopic (exact) mass is 324 g/mol. The standard InChI is InChI=1S/C18H36N4O/c1-4-19-18(20-13-8-9-15(2)3)21-14-12-17(23)22-16-10-6-5-7-11-16/h15-16H,4-14H2,1-3H3,(H,22,23)(H2,19,20,21). The number of hydrogen-bond donors (Lipinski definition) is 3. The number of aliphatic imine (C=N–C) groups is 1. The molecule has 0 aromatic rings. The van der Waals surface area contributed by atoms with Gasteiger partial charge in [0.25, 0.3) is 0 Å². The lowest BCUT2D eigenvalue weighted by Crippen LogP contribution is -2.41. The van der Waals surface area contributed by atoms with Crippen molar-refractivity contribution in [1.29, 1.82) is 0 Å². The highest BCUT2D eigenvalue weighted by Crippen LogP contribution is 2.17. The Hall–Kier alpha value is -1.26. The van der Waals surface area contributed by atoms with E-state index in [1.54, 1.807) is 0 Å². The largest absolute Gasteiger partial charge is 0.357 e. The maximum absolute atomic E-state index is 12.0. The smallest absolute Gasteiger partial charge is 0.221 e. The molecule has 1 saturated carbocycles. The fourth-order valence-corrected chi connectivity index (χ4v) is 2.87. The Morgan fingerprint density at radius 3 is 2.57 bits per heavy atom. The van der Waals surface area contributed by atoms with Crippen LogP contribution in [-0.4, -0.2) is 37.5 Å². The zero-order chi connectivity index (χ0) is 16.9. The second kappa shape index (κ2) is 12.2. The molecule has 1 aliphatic rings. The molecule has 0 radical (unpaired) electrons. The second-order valence-corrected chi connectivity index (χ2v) is 6.88. The van der Waals surface area contributed by atoms with Crippen LogP contribution in [0.15, 0.2) is 4.99 Å². The summed E-state index contributed by atoms with van der Waals surface area (Å²) in [5.41, 5.74) is 0. The summed E-state index contributed by atoms with van der Waals surface area (Å²) in [5.74, 6) is 1.70. The Balaban J connectivity index is 2.20. The van der Waals surface area contributed by atoms with Crippen LogP contribution in [0.4, 0.5) is 0 Å². The van der Waals surface area contributed by atoms with Crippen molar-refractivity contribution in [2.75, 3.05) is 19.6 Å². The molecular formula is C18H36N4O. The molecule has 0 aromatic carbocycles. The Bertz CT molecular complexity index is 349. The summed E-state index contributed by atoms with van der Waals surface area (Å²) < 4.78 is 0. The molecule has 0 saturated heterocycles. The number of carbonyl (C=O) groups excluding carboxylic acids is 1. The lowest BCUT2D eigenvalue weighted by atomic mass is 9.95. The summed E-state index contributed by atoms with van der Waals surface area (Å²) in [5, 5.41) is 9.64. The van der Waals surface area contributed by atoms with Crippen LogP contribution in [0, 0.1) is 5.92 Å². The molecule has 5 nitrogen and oxygen atoms in total. The first-order valence-electron chi connectivity index (χ1n) is 9.43. The molecular weight excluding hydrogens is 288 g/mol. The van der Waals surface area contributed by atoms with Crippen LogP contribution in [-0.2, 0) is 4.79 Å². The van der Waals surface area contributed by atoms with Gasteiger partial charge in [0.15, 0.2) is 5.96 Å². The fraction of sp³-hybridized carbons (Fsp3) is 0.889. The summed E-state index contributed by atoms with van der Waals surface area (Å²) in [7, 11) is 0. The van der Waals surface area contributed by atoms with E-state index in [1.165, 1.54) is 25.7 Å². The molecule has 0 spiro atoms. The van der Waals surface area contributed by atoms with E-state index in [9.17, 15) is 4.79 Å². The Labute approximate surface area is 142 Å².